The van der Waals surface area contributed by atoms with Gasteiger partial charge in [-0.1, -0.05) is 6.07 Å². The fourth-order valence-electron chi connectivity index (χ4n) is 3.17. The minimum atomic E-state index is -0.425. The normalized spacial score (nSPS) is 13.1. The van der Waals surface area contributed by atoms with Crippen LogP contribution in [0.4, 0.5) is 5.82 Å². The Balaban J connectivity index is 1.45. The summed E-state index contributed by atoms with van der Waals surface area (Å²) in [4.78, 5) is 26.0. The summed E-state index contributed by atoms with van der Waals surface area (Å²) in [5.41, 5.74) is 1.74. The summed E-state index contributed by atoms with van der Waals surface area (Å²) < 4.78 is 12.5. The lowest BCUT2D eigenvalue weighted by atomic mass is 10.1. The van der Waals surface area contributed by atoms with Crippen LogP contribution in [0.5, 0.6) is 11.5 Å². The predicted molar refractivity (Wildman–Crippen MR) is 119 cm³/mol. The molecule has 1 unspecified atom stereocenters. The van der Waals surface area contributed by atoms with E-state index in [-0.39, 0.29) is 12.7 Å². The molecule has 0 saturated heterocycles. The number of aryl methyl sites for hydroxylation is 1. The first-order chi connectivity index (χ1) is 15.1. The summed E-state index contributed by atoms with van der Waals surface area (Å²) in [6, 6.07) is 7.07. The molecule has 9 nitrogen and oxygen atoms in total. The number of nitrogens with one attached hydrogen (secondary N) is 2. The number of ether oxygens (including phenoxy) is 2. The number of thioether (sulfide) groups is 1. The Hall–Kier alpha value is -3.27. The predicted octanol–water partition coefficient (Wildman–Crippen LogP) is 2.55. The maximum atomic E-state index is 13.0. The van der Waals surface area contributed by atoms with E-state index in [4.69, 9.17) is 9.47 Å². The van der Waals surface area contributed by atoms with Crippen LogP contribution < -0.4 is 20.1 Å². The first kappa shape index (κ1) is 21.0. The molecule has 0 bridgehead atoms. The average molecular weight is 441 g/mol. The summed E-state index contributed by atoms with van der Waals surface area (Å²) >= 11 is 1.69. The number of nitrogens with zero attached hydrogens (tertiary/aromatic N) is 4. The van der Waals surface area contributed by atoms with Crippen LogP contribution in [0, 0.1) is 6.92 Å². The first-order valence-electron chi connectivity index (χ1n) is 9.88. The van der Waals surface area contributed by atoms with Crippen molar-refractivity contribution in [2.24, 2.45) is 0 Å². The van der Waals surface area contributed by atoms with Crippen molar-refractivity contribution in [1.29, 1.82) is 0 Å². The lowest BCUT2D eigenvalue weighted by Crippen LogP contribution is -2.40. The number of hydrogen-bond donors (Lipinski definition) is 2. The van der Waals surface area contributed by atoms with Crippen molar-refractivity contribution in [3.63, 3.8) is 0 Å². The molecule has 1 amide bonds. The van der Waals surface area contributed by atoms with E-state index in [2.05, 4.69) is 25.6 Å². The number of fused-ring (bicyclic) bond motifs is 1. The van der Waals surface area contributed by atoms with Crippen molar-refractivity contribution in [2.75, 3.05) is 24.1 Å². The van der Waals surface area contributed by atoms with Crippen molar-refractivity contribution in [3.05, 3.63) is 54.2 Å². The van der Waals surface area contributed by atoms with Crippen LogP contribution in [-0.4, -0.2) is 50.3 Å². The van der Waals surface area contributed by atoms with E-state index in [1.807, 2.05) is 37.4 Å². The number of carbonyl (C=O) groups is 1. The van der Waals surface area contributed by atoms with E-state index in [0.717, 1.165) is 22.8 Å². The Labute approximate surface area is 184 Å². The van der Waals surface area contributed by atoms with E-state index in [0.29, 0.717) is 30.5 Å². The quantitative estimate of drug-likeness (QED) is 0.523. The molecule has 0 fully saturated rings. The Morgan fingerprint density at radius 1 is 1.26 bits per heavy atom. The van der Waals surface area contributed by atoms with Crippen molar-refractivity contribution < 1.29 is 14.3 Å². The molecule has 0 spiro atoms. The number of benzene rings is 1. The smallest absolute Gasteiger partial charge is 0.242 e. The van der Waals surface area contributed by atoms with Gasteiger partial charge in [0, 0.05) is 30.7 Å². The van der Waals surface area contributed by atoms with Gasteiger partial charge in [-0.2, -0.15) is 16.7 Å². The first-order valence-corrected chi connectivity index (χ1v) is 11.3. The zero-order valence-corrected chi connectivity index (χ0v) is 18.2. The second-order valence-electron chi connectivity index (χ2n) is 7.05. The molecular formula is C21H24N6O3S. The van der Waals surface area contributed by atoms with Crippen LogP contribution in [0.25, 0.3) is 5.95 Å². The molecule has 4 rings (SSSR count). The highest BCUT2D eigenvalue weighted by atomic mass is 32.2. The van der Waals surface area contributed by atoms with Gasteiger partial charge in [-0.15, -0.1) is 0 Å². The lowest BCUT2D eigenvalue weighted by Gasteiger charge is -2.19. The van der Waals surface area contributed by atoms with Crippen LogP contribution >= 0.6 is 11.8 Å². The van der Waals surface area contributed by atoms with E-state index in [1.54, 1.807) is 35.0 Å². The highest BCUT2D eigenvalue weighted by Gasteiger charge is 2.20. The highest BCUT2D eigenvalue weighted by molar-refractivity contribution is 7.98. The van der Waals surface area contributed by atoms with Crippen LogP contribution in [0.2, 0.25) is 0 Å². The van der Waals surface area contributed by atoms with Gasteiger partial charge in [-0.3, -0.25) is 9.36 Å². The molecule has 3 heterocycles. The van der Waals surface area contributed by atoms with Crippen molar-refractivity contribution >= 4 is 23.5 Å². The summed E-state index contributed by atoms with van der Waals surface area (Å²) in [7, 11) is 0. The van der Waals surface area contributed by atoms with Crippen LogP contribution in [0.1, 0.15) is 17.7 Å². The van der Waals surface area contributed by atoms with Crippen molar-refractivity contribution in [2.45, 2.75) is 25.9 Å². The topological polar surface area (TPSA) is 103 Å². The molecule has 1 aliphatic heterocycles. The van der Waals surface area contributed by atoms with Gasteiger partial charge in [0.25, 0.3) is 0 Å². The van der Waals surface area contributed by atoms with Gasteiger partial charge >= 0.3 is 0 Å². The zero-order chi connectivity index (χ0) is 21.6. The molecule has 1 atom stereocenters. The molecule has 3 aromatic rings. The summed E-state index contributed by atoms with van der Waals surface area (Å²) in [6.45, 7) is 2.52. The van der Waals surface area contributed by atoms with Crippen LogP contribution in [0.3, 0.4) is 0 Å². The Morgan fingerprint density at radius 3 is 2.94 bits per heavy atom. The maximum Gasteiger partial charge on any atom is 0.242 e. The largest absolute Gasteiger partial charge is 0.454 e. The van der Waals surface area contributed by atoms with Gasteiger partial charge in [-0.05, 0) is 43.0 Å². The second kappa shape index (κ2) is 9.69. The van der Waals surface area contributed by atoms with Gasteiger partial charge in [-0.25, -0.2) is 9.97 Å². The van der Waals surface area contributed by atoms with Gasteiger partial charge in [0.05, 0.1) is 0 Å². The monoisotopic (exact) mass is 440 g/mol. The summed E-state index contributed by atoms with van der Waals surface area (Å²) in [6.07, 6.45) is 7.78. The SMILES string of the molecule is CSCCC(Nc1cc(C)nc(-n2ccnc2)n1)C(=O)NCc1ccc2c(c1)OCO2. The second-order valence-corrected chi connectivity index (χ2v) is 8.03. The number of aromatic nitrogens is 4. The summed E-state index contributed by atoms with van der Waals surface area (Å²) in [5, 5.41) is 6.29. The standard InChI is InChI=1S/C21H24N6O3S/c1-14-9-19(26-21(24-14)27-7-6-22-12-27)25-16(5-8-31-2)20(28)23-11-15-3-4-17-18(10-15)30-13-29-17/h3-4,6-7,9-10,12,16H,5,8,11,13H2,1-2H3,(H,23,28)(H,24,25,26). The number of anilines is 1. The van der Waals surface area contributed by atoms with Gasteiger partial charge in [0.2, 0.25) is 18.6 Å². The Bertz CT molecular complexity index is 1040. The number of hydrogen-bond acceptors (Lipinski definition) is 8. The third-order valence-electron chi connectivity index (χ3n) is 4.73. The molecule has 162 valence electrons. The molecule has 2 aromatic heterocycles. The average Bonchev–Trinajstić information content (AvgIpc) is 3.46. The number of carbonyl (C=O) groups excluding carboxylic acids is 1. The fraction of sp³-hybridized carbons (Fsp3) is 0.333. The van der Waals surface area contributed by atoms with E-state index in [9.17, 15) is 4.79 Å². The number of imidazole rings is 1. The third-order valence-corrected chi connectivity index (χ3v) is 5.37. The number of amides is 1. The van der Waals surface area contributed by atoms with Crippen LogP contribution in [-0.2, 0) is 11.3 Å². The van der Waals surface area contributed by atoms with E-state index < -0.39 is 6.04 Å². The molecule has 1 aliphatic rings. The zero-order valence-electron chi connectivity index (χ0n) is 17.4. The molecule has 1 aromatic carbocycles. The van der Waals surface area contributed by atoms with Gasteiger partial charge < -0.3 is 20.1 Å². The lowest BCUT2D eigenvalue weighted by molar-refractivity contribution is -0.122. The summed E-state index contributed by atoms with van der Waals surface area (Å²) in [5.74, 6) is 3.28. The molecular weight excluding hydrogens is 416 g/mol. The molecule has 0 radical (unpaired) electrons. The Kier molecular flexibility index (Phi) is 6.56. The Morgan fingerprint density at radius 2 is 2.13 bits per heavy atom. The molecule has 0 saturated carbocycles. The third kappa shape index (κ3) is 5.26. The minimum Gasteiger partial charge on any atom is -0.454 e. The number of rotatable bonds is 9. The molecule has 0 aliphatic carbocycles. The van der Waals surface area contributed by atoms with Gasteiger partial charge in [0.1, 0.15) is 18.2 Å². The maximum absolute atomic E-state index is 13.0. The highest BCUT2D eigenvalue weighted by Crippen LogP contribution is 2.32. The van der Waals surface area contributed by atoms with Crippen LogP contribution in [0.15, 0.2) is 43.0 Å². The minimum absolute atomic E-state index is 0.0906. The molecule has 2 N–H and O–H groups in total. The molecule has 10 heteroatoms. The van der Waals surface area contributed by atoms with Crippen molar-refractivity contribution in [3.8, 4) is 17.4 Å². The van der Waals surface area contributed by atoms with E-state index >= 15 is 0 Å². The van der Waals surface area contributed by atoms with Gasteiger partial charge in [0.15, 0.2) is 11.5 Å². The fourth-order valence-corrected chi connectivity index (χ4v) is 3.64. The van der Waals surface area contributed by atoms with E-state index in [1.165, 1.54) is 0 Å². The van der Waals surface area contributed by atoms with Crippen molar-refractivity contribution in [1.82, 2.24) is 24.8 Å². The molecule has 31 heavy (non-hydrogen) atoms.